The molecule has 0 bridgehead atoms. The van der Waals surface area contributed by atoms with Crippen LogP contribution >= 0.6 is 0 Å². The molecule has 2 saturated heterocycles. The predicted octanol–water partition coefficient (Wildman–Crippen LogP) is 4.20. The van der Waals surface area contributed by atoms with Gasteiger partial charge in [-0.3, -0.25) is 4.79 Å². The molecular formula is C30H48BN3O3. The van der Waals surface area contributed by atoms with Gasteiger partial charge in [-0.1, -0.05) is 62.8 Å². The Morgan fingerprint density at radius 3 is 2.43 bits per heavy atom. The maximum absolute atomic E-state index is 13.7. The molecule has 37 heavy (non-hydrogen) atoms. The fourth-order valence-electron chi connectivity index (χ4n) is 8.46. The van der Waals surface area contributed by atoms with Crippen LogP contribution in [0.4, 0.5) is 0 Å². The highest BCUT2D eigenvalue weighted by Gasteiger charge is 2.53. The highest BCUT2D eigenvalue weighted by atomic mass is 16.4. The van der Waals surface area contributed by atoms with Crippen LogP contribution in [0.1, 0.15) is 101 Å². The number of nitrogens with zero attached hydrogens (tertiary/aromatic N) is 1. The Kier molecular flexibility index (Phi) is 8.95. The van der Waals surface area contributed by atoms with Gasteiger partial charge in [0.25, 0.3) is 0 Å². The van der Waals surface area contributed by atoms with E-state index in [9.17, 15) is 14.8 Å². The molecule has 4 aliphatic rings. The molecule has 0 aromatic heterocycles. The van der Waals surface area contributed by atoms with Crippen LogP contribution in [0.2, 0.25) is 5.82 Å². The second kappa shape index (κ2) is 12.2. The van der Waals surface area contributed by atoms with Crippen LogP contribution in [-0.2, 0) is 11.3 Å². The topological polar surface area (TPSA) is 98.8 Å². The highest BCUT2D eigenvalue weighted by molar-refractivity contribution is 6.43. The van der Waals surface area contributed by atoms with Crippen molar-refractivity contribution < 1.29 is 14.8 Å². The van der Waals surface area contributed by atoms with Crippen LogP contribution in [-0.4, -0.2) is 53.6 Å². The Hall–Kier alpha value is -1.41. The van der Waals surface area contributed by atoms with Crippen LogP contribution in [0, 0.1) is 17.3 Å². The number of piperidine rings is 2. The first-order valence-electron chi connectivity index (χ1n) is 15.2. The van der Waals surface area contributed by atoms with Gasteiger partial charge in [0.1, 0.15) is 0 Å². The summed E-state index contributed by atoms with van der Waals surface area (Å²) >= 11 is 0. The summed E-state index contributed by atoms with van der Waals surface area (Å²) in [4.78, 5) is 15.8. The van der Waals surface area contributed by atoms with E-state index in [0.717, 1.165) is 58.2 Å². The molecule has 4 unspecified atom stereocenters. The van der Waals surface area contributed by atoms with E-state index in [2.05, 4.69) is 34.5 Å². The quantitative estimate of drug-likeness (QED) is 0.446. The number of hydrogen-bond donors (Lipinski definition) is 4. The first-order valence-corrected chi connectivity index (χ1v) is 15.2. The first-order chi connectivity index (χ1) is 18.0. The van der Waals surface area contributed by atoms with E-state index in [1.807, 2.05) is 0 Å². The number of likely N-dealkylation sites (tertiary alicyclic amines) is 1. The molecule has 2 aliphatic carbocycles. The van der Waals surface area contributed by atoms with Gasteiger partial charge >= 0.3 is 7.12 Å². The molecule has 2 heterocycles. The number of rotatable bonds is 5. The third-order valence-electron chi connectivity index (χ3n) is 10.6. The zero-order valence-corrected chi connectivity index (χ0v) is 22.6. The molecule has 7 heteroatoms. The Morgan fingerprint density at radius 2 is 1.73 bits per heavy atom. The molecule has 2 saturated carbocycles. The maximum atomic E-state index is 13.7. The van der Waals surface area contributed by atoms with E-state index in [4.69, 9.17) is 5.73 Å². The van der Waals surface area contributed by atoms with Crippen molar-refractivity contribution in [2.45, 2.75) is 108 Å². The molecule has 204 valence electrons. The largest absolute Gasteiger partial charge is 0.454 e. The average molecular weight is 510 g/mol. The molecule has 1 amide bonds. The summed E-state index contributed by atoms with van der Waals surface area (Å²) < 4.78 is 0. The van der Waals surface area contributed by atoms with Crippen molar-refractivity contribution in [3.05, 3.63) is 35.4 Å². The van der Waals surface area contributed by atoms with Crippen molar-refractivity contribution in [3.8, 4) is 0 Å². The molecule has 4 fully saturated rings. The van der Waals surface area contributed by atoms with Gasteiger partial charge in [-0.25, -0.2) is 0 Å². The van der Waals surface area contributed by atoms with Crippen LogP contribution in [0.15, 0.2) is 24.3 Å². The second-order valence-corrected chi connectivity index (χ2v) is 12.6. The van der Waals surface area contributed by atoms with E-state index in [-0.39, 0.29) is 23.2 Å². The molecule has 5 N–H and O–H groups in total. The number of benzene rings is 1. The Labute approximate surface area is 223 Å². The number of fused-ring (bicyclic) bond motifs is 1. The van der Waals surface area contributed by atoms with Crippen molar-refractivity contribution in [1.82, 2.24) is 10.2 Å². The SMILES string of the molecule is NCc1cccc(C2CCN(C(=O)C3CC4CCC(B(O)O)CC4(C4CCCCCCC4)CN3)CC2)c1. The molecule has 4 atom stereocenters. The van der Waals surface area contributed by atoms with Crippen LogP contribution in [0.5, 0.6) is 0 Å². The van der Waals surface area contributed by atoms with E-state index in [0.29, 0.717) is 24.3 Å². The van der Waals surface area contributed by atoms with Gasteiger partial charge in [-0.2, -0.15) is 0 Å². The number of nitrogens with two attached hydrogens (primary N) is 1. The van der Waals surface area contributed by atoms with Crippen LogP contribution in [0.25, 0.3) is 0 Å². The van der Waals surface area contributed by atoms with Crippen LogP contribution < -0.4 is 11.1 Å². The molecule has 6 nitrogen and oxygen atoms in total. The fraction of sp³-hybridized carbons (Fsp3) is 0.767. The number of amides is 1. The smallest absolute Gasteiger partial charge is 0.427 e. The van der Waals surface area contributed by atoms with E-state index < -0.39 is 7.12 Å². The number of hydrogen-bond acceptors (Lipinski definition) is 5. The summed E-state index contributed by atoms with van der Waals surface area (Å²) in [7, 11) is -1.22. The van der Waals surface area contributed by atoms with Gasteiger partial charge in [-0.15, -0.1) is 0 Å². The van der Waals surface area contributed by atoms with Gasteiger partial charge in [0.2, 0.25) is 5.91 Å². The lowest BCUT2D eigenvalue weighted by Crippen LogP contribution is -2.61. The van der Waals surface area contributed by atoms with E-state index in [1.54, 1.807) is 0 Å². The zero-order valence-electron chi connectivity index (χ0n) is 22.6. The minimum Gasteiger partial charge on any atom is -0.427 e. The highest BCUT2D eigenvalue weighted by Crippen LogP contribution is 2.56. The third kappa shape index (κ3) is 5.95. The molecule has 5 rings (SSSR count). The Morgan fingerprint density at radius 1 is 1.00 bits per heavy atom. The normalized spacial score (nSPS) is 32.3. The van der Waals surface area contributed by atoms with Gasteiger partial charge in [0, 0.05) is 26.2 Å². The summed E-state index contributed by atoms with van der Waals surface area (Å²) in [5.41, 5.74) is 8.49. The van der Waals surface area contributed by atoms with Crippen molar-refractivity contribution in [1.29, 1.82) is 0 Å². The summed E-state index contributed by atoms with van der Waals surface area (Å²) in [6, 6.07) is 8.54. The second-order valence-electron chi connectivity index (χ2n) is 12.6. The molecular weight excluding hydrogens is 461 g/mol. The maximum Gasteiger partial charge on any atom is 0.454 e. The first kappa shape index (κ1) is 27.2. The zero-order chi connectivity index (χ0) is 25.8. The summed E-state index contributed by atoms with van der Waals surface area (Å²) in [5, 5.41) is 23.9. The molecule has 1 aromatic rings. The summed E-state index contributed by atoms with van der Waals surface area (Å²) in [6.45, 7) is 3.07. The molecule has 2 aliphatic heterocycles. The van der Waals surface area contributed by atoms with Crippen LogP contribution in [0.3, 0.4) is 0 Å². The van der Waals surface area contributed by atoms with Crippen molar-refractivity contribution in [3.63, 3.8) is 0 Å². The van der Waals surface area contributed by atoms with Crippen molar-refractivity contribution in [2.24, 2.45) is 23.0 Å². The molecule has 0 radical (unpaired) electrons. The Bertz CT molecular complexity index is 898. The van der Waals surface area contributed by atoms with Gasteiger partial charge in [-0.05, 0) is 85.1 Å². The summed E-state index contributed by atoms with van der Waals surface area (Å²) in [6.07, 6.45) is 14.8. The Balaban J connectivity index is 1.23. The lowest BCUT2D eigenvalue weighted by molar-refractivity contribution is -0.138. The monoisotopic (exact) mass is 509 g/mol. The lowest BCUT2D eigenvalue weighted by atomic mass is 9.48. The number of nitrogens with one attached hydrogen (secondary N) is 1. The van der Waals surface area contributed by atoms with E-state index in [1.165, 1.54) is 56.1 Å². The van der Waals surface area contributed by atoms with Gasteiger partial charge in [0.05, 0.1) is 6.04 Å². The minimum absolute atomic E-state index is 0.0347. The standard InChI is InChI=1S/C30H48BN3O3/c32-20-22-7-6-8-24(17-22)23-13-15-34(16-14-23)29(35)28-18-26-11-12-27(31(36)37)19-30(26,21-33-28)25-9-4-2-1-3-5-10-25/h6-8,17,23,25-28,33,36-37H,1-5,9-16,18-21,32H2. The van der Waals surface area contributed by atoms with Crippen molar-refractivity contribution in [2.75, 3.05) is 19.6 Å². The number of carbonyl (C=O) groups excluding carboxylic acids is 1. The minimum atomic E-state index is -1.22. The summed E-state index contributed by atoms with van der Waals surface area (Å²) in [5.74, 6) is 1.88. The predicted molar refractivity (Wildman–Crippen MR) is 149 cm³/mol. The average Bonchev–Trinajstić information content (AvgIpc) is 2.91. The molecule has 0 spiro atoms. The fourth-order valence-corrected chi connectivity index (χ4v) is 8.46. The number of carbonyl (C=O) groups is 1. The lowest BCUT2D eigenvalue weighted by Gasteiger charge is -2.56. The van der Waals surface area contributed by atoms with Gasteiger partial charge < -0.3 is 26.0 Å². The molecule has 1 aromatic carbocycles. The third-order valence-corrected chi connectivity index (χ3v) is 10.6. The van der Waals surface area contributed by atoms with E-state index >= 15 is 0 Å². The van der Waals surface area contributed by atoms with Crippen molar-refractivity contribution >= 4 is 13.0 Å². The van der Waals surface area contributed by atoms with Gasteiger partial charge in [0.15, 0.2) is 0 Å².